The molecule has 1 N–H and O–H groups in total. The number of hydrogen-bond acceptors (Lipinski definition) is 4. The van der Waals surface area contributed by atoms with Crippen molar-refractivity contribution < 1.29 is 4.79 Å². The van der Waals surface area contributed by atoms with Gasteiger partial charge in [0.1, 0.15) is 11.5 Å². The number of hydrogen-bond donors (Lipinski definition) is 1. The minimum atomic E-state index is -0.0981. The van der Waals surface area contributed by atoms with Gasteiger partial charge in [0, 0.05) is 38.9 Å². The van der Waals surface area contributed by atoms with Crippen LogP contribution in [0.15, 0.2) is 30.6 Å². The molecule has 0 atom stereocenters. The second-order valence-electron chi connectivity index (χ2n) is 5.02. The Morgan fingerprint density at radius 2 is 2.24 bits per heavy atom. The fourth-order valence-electron chi connectivity index (χ4n) is 2.00. The summed E-state index contributed by atoms with van der Waals surface area (Å²) >= 11 is 0. The van der Waals surface area contributed by atoms with Crippen LogP contribution < -0.4 is 5.32 Å². The van der Waals surface area contributed by atoms with Gasteiger partial charge in [0.2, 0.25) is 0 Å². The Morgan fingerprint density at radius 3 is 2.90 bits per heavy atom. The van der Waals surface area contributed by atoms with E-state index in [1.807, 2.05) is 25.4 Å². The van der Waals surface area contributed by atoms with Crippen molar-refractivity contribution in [3.8, 4) is 0 Å². The highest BCUT2D eigenvalue weighted by Gasteiger charge is 2.14. The minimum Gasteiger partial charge on any atom is -0.370 e. The molecule has 0 saturated heterocycles. The molecule has 0 bridgehead atoms. The molecule has 2 aromatic heterocycles. The standard InChI is InChI=1S/C15H21N5O/c1-4-8-16-14-7-5-6-13(18-14)15(21)19(2)10-12-9-17-20(3)11-12/h5-7,9,11H,4,8,10H2,1-3H3,(H,16,18). The number of amides is 1. The molecule has 0 spiro atoms. The zero-order valence-electron chi connectivity index (χ0n) is 12.7. The van der Waals surface area contributed by atoms with Gasteiger partial charge in [0.15, 0.2) is 0 Å². The first-order valence-corrected chi connectivity index (χ1v) is 7.04. The molecular weight excluding hydrogens is 266 g/mol. The molecular formula is C15H21N5O. The molecule has 0 saturated carbocycles. The minimum absolute atomic E-state index is 0.0981. The number of carbonyl (C=O) groups is 1. The lowest BCUT2D eigenvalue weighted by Crippen LogP contribution is -2.27. The van der Waals surface area contributed by atoms with Crippen LogP contribution in [0.5, 0.6) is 0 Å². The van der Waals surface area contributed by atoms with Gasteiger partial charge >= 0.3 is 0 Å². The molecule has 0 aliphatic carbocycles. The van der Waals surface area contributed by atoms with Crippen molar-refractivity contribution in [3.63, 3.8) is 0 Å². The van der Waals surface area contributed by atoms with E-state index in [1.54, 1.807) is 28.9 Å². The van der Waals surface area contributed by atoms with E-state index in [2.05, 4.69) is 22.3 Å². The molecule has 6 heteroatoms. The molecule has 0 aliphatic rings. The van der Waals surface area contributed by atoms with E-state index >= 15 is 0 Å². The summed E-state index contributed by atoms with van der Waals surface area (Å²) < 4.78 is 1.72. The van der Waals surface area contributed by atoms with Gasteiger partial charge in [0.05, 0.1) is 6.20 Å². The van der Waals surface area contributed by atoms with Crippen molar-refractivity contribution in [1.29, 1.82) is 0 Å². The average molecular weight is 287 g/mol. The smallest absolute Gasteiger partial charge is 0.272 e. The highest BCUT2D eigenvalue weighted by molar-refractivity contribution is 5.92. The van der Waals surface area contributed by atoms with Crippen LogP contribution in [-0.4, -0.2) is 39.2 Å². The Kier molecular flexibility index (Phi) is 4.92. The lowest BCUT2D eigenvalue weighted by molar-refractivity contribution is 0.0779. The molecule has 0 radical (unpaired) electrons. The van der Waals surface area contributed by atoms with Crippen LogP contribution >= 0.6 is 0 Å². The Hall–Kier alpha value is -2.37. The first-order chi connectivity index (χ1) is 10.1. The third-order valence-corrected chi connectivity index (χ3v) is 3.05. The van der Waals surface area contributed by atoms with Crippen LogP contribution in [0.1, 0.15) is 29.4 Å². The summed E-state index contributed by atoms with van der Waals surface area (Å²) in [6, 6.07) is 5.45. The molecule has 0 aliphatic heterocycles. The molecule has 21 heavy (non-hydrogen) atoms. The Morgan fingerprint density at radius 1 is 1.43 bits per heavy atom. The molecule has 1 amide bonds. The zero-order chi connectivity index (χ0) is 15.2. The molecule has 0 unspecified atom stereocenters. The number of carbonyl (C=O) groups excluding carboxylic acids is 1. The Balaban J connectivity index is 2.04. The number of anilines is 1. The van der Waals surface area contributed by atoms with E-state index in [4.69, 9.17) is 0 Å². The zero-order valence-corrected chi connectivity index (χ0v) is 12.7. The predicted molar refractivity (Wildman–Crippen MR) is 82.0 cm³/mol. The van der Waals surface area contributed by atoms with Crippen molar-refractivity contribution in [2.45, 2.75) is 19.9 Å². The third-order valence-electron chi connectivity index (χ3n) is 3.05. The monoisotopic (exact) mass is 287 g/mol. The van der Waals surface area contributed by atoms with E-state index in [0.717, 1.165) is 24.3 Å². The van der Waals surface area contributed by atoms with Gasteiger partial charge in [-0.15, -0.1) is 0 Å². The lowest BCUT2D eigenvalue weighted by atomic mass is 10.3. The summed E-state index contributed by atoms with van der Waals surface area (Å²) in [7, 11) is 3.62. The highest BCUT2D eigenvalue weighted by Crippen LogP contribution is 2.09. The van der Waals surface area contributed by atoms with Crippen molar-refractivity contribution in [1.82, 2.24) is 19.7 Å². The summed E-state index contributed by atoms with van der Waals surface area (Å²) in [5.74, 6) is 0.636. The summed E-state index contributed by atoms with van der Waals surface area (Å²) in [6.45, 7) is 3.45. The van der Waals surface area contributed by atoms with Crippen LogP contribution in [0.3, 0.4) is 0 Å². The topological polar surface area (TPSA) is 63.1 Å². The third kappa shape index (κ3) is 4.05. The van der Waals surface area contributed by atoms with Gasteiger partial charge in [-0.2, -0.15) is 5.10 Å². The van der Waals surface area contributed by atoms with Crippen molar-refractivity contribution in [2.24, 2.45) is 7.05 Å². The highest BCUT2D eigenvalue weighted by atomic mass is 16.2. The first-order valence-electron chi connectivity index (χ1n) is 7.04. The summed E-state index contributed by atoms with van der Waals surface area (Å²) in [5.41, 5.74) is 1.44. The van der Waals surface area contributed by atoms with Crippen LogP contribution in [0.4, 0.5) is 5.82 Å². The molecule has 2 aromatic rings. The summed E-state index contributed by atoms with van der Waals surface area (Å²) in [6.07, 6.45) is 4.67. The van der Waals surface area contributed by atoms with Crippen LogP contribution in [0.2, 0.25) is 0 Å². The number of pyridine rings is 1. The predicted octanol–water partition coefficient (Wildman–Crippen LogP) is 1.91. The SMILES string of the molecule is CCCNc1cccc(C(=O)N(C)Cc2cnn(C)c2)n1. The Bertz CT molecular complexity index is 608. The van der Waals surface area contributed by atoms with E-state index < -0.39 is 0 Å². The van der Waals surface area contributed by atoms with E-state index in [0.29, 0.717) is 12.2 Å². The summed E-state index contributed by atoms with van der Waals surface area (Å²) in [4.78, 5) is 18.4. The largest absolute Gasteiger partial charge is 0.370 e. The van der Waals surface area contributed by atoms with E-state index in [9.17, 15) is 4.79 Å². The van der Waals surface area contributed by atoms with Crippen molar-refractivity contribution >= 4 is 11.7 Å². The van der Waals surface area contributed by atoms with Crippen molar-refractivity contribution in [3.05, 3.63) is 41.9 Å². The van der Waals surface area contributed by atoms with Gasteiger partial charge in [-0.05, 0) is 18.6 Å². The van der Waals surface area contributed by atoms with Crippen LogP contribution in [0, 0.1) is 0 Å². The van der Waals surface area contributed by atoms with Crippen LogP contribution in [0.25, 0.3) is 0 Å². The van der Waals surface area contributed by atoms with E-state index in [-0.39, 0.29) is 5.91 Å². The molecule has 2 rings (SSSR count). The molecule has 6 nitrogen and oxygen atoms in total. The maximum absolute atomic E-state index is 12.4. The molecule has 112 valence electrons. The normalized spacial score (nSPS) is 10.4. The fourth-order valence-corrected chi connectivity index (χ4v) is 2.00. The number of aromatic nitrogens is 3. The molecule has 0 fully saturated rings. The number of aryl methyl sites for hydroxylation is 1. The van der Waals surface area contributed by atoms with Gasteiger partial charge in [-0.25, -0.2) is 4.98 Å². The molecule has 2 heterocycles. The number of nitrogens with one attached hydrogen (secondary N) is 1. The first kappa shape index (κ1) is 15.0. The maximum atomic E-state index is 12.4. The van der Waals surface area contributed by atoms with Crippen molar-refractivity contribution in [2.75, 3.05) is 18.9 Å². The quantitative estimate of drug-likeness (QED) is 0.881. The second-order valence-corrected chi connectivity index (χ2v) is 5.02. The van der Waals surface area contributed by atoms with E-state index in [1.165, 1.54) is 0 Å². The number of rotatable bonds is 6. The Labute approximate surface area is 124 Å². The summed E-state index contributed by atoms with van der Waals surface area (Å²) in [5, 5.41) is 7.29. The fraction of sp³-hybridized carbons (Fsp3) is 0.400. The van der Waals surface area contributed by atoms with Gasteiger partial charge in [-0.1, -0.05) is 13.0 Å². The van der Waals surface area contributed by atoms with Gasteiger partial charge in [-0.3, -0.25) is 9.48 Å². The maximum Gasteiger partial charge on any atom is 0.272 e. The molecule has 0 aromatic carbocycles. The lowest BCUT2D eigenvalue weighted by Gasteiger charge is -2.16. The second kappa shape index (κ2) is 6.88. The number of nitrogens with zero attached hydrogens (tertiary/aromatic N) is 4. The average Bonchev–Trinajstić information content (AvgIpc) is 2.89. The van der Waals surface area contributed by atoms with Gasteiger partial charge in [0.25, 0.3) is 5.91 Å². The van der Waals surface area contributed by atoms with Crippen LogP contribution in [-0.2, 0) is 13.6 Å². The van der Waals surface area contributed by atoms with Gasteiger partial charge < -0.3 is 10.2 Å².